The molecule has 0 radical (unpaired) electrons. The van der Waals surface area contributed by atoms with E-state index in [1.54, 1.807) is 74.5 Å². The molecule has 3 aromatic rings. The third-order valence-corrected chi connectivity index (χ3v) is 6.95. The molecule has 35 heavy (non-hydrogen) atoms. The number of ether oxygens (including phenoxy) is 2. The summed E-state index contributed by atoms with van der Waals surface area (Å²) in [5.74, 6) is 0.537. The maximum absolute atomic E-state index is 13.5. The number of ketones is 1. The monoisotopic (exact) mass is 517 g/mol. The van der Waals surface area contributed by atoms with Crippen molar-refractivity contribution < 1.29 is 33.1 Å². The van der Waals surface area contributed by atoms with Crippen LogP contribution in [0, 0.1) is 0 Å². The van der Waals surface area contributed by atoms with Crippen molar-refractivity contribution in [1.29, 1.82) is 0 Å². The number of Topliss-reactive ketones (excluding diaryl/α,β-unsaturated/α-hetero) is 1. The number of halogens is 1. The molecule has 184 valence electrons. The van der Waals surface area contributed by atoms with Crippen molar-refractivity contribution in [3.05, 3.63) is 88.9 Å². The van der Waals surface area contributed by atoms with Crippen LogP contribution in [-0.4, -0.2) is 36.3 Å². The van der Waals surface area contributed by atoms with Gasteiger partial charge in [-0.25, -0.2) is 0 Å². The van der Waals surface area contributed by atoms with Crippen LogP contribution in [0.15, 0.2) is 78.0 Å². The maximum Gasteiger partial charge on any atom is 0.383 e. The van der Waals surface area contributed by atoms with Crippen molar-refractivity contribution >= 4 is 30.4 Å². The molecule has 0 fully saturated rings. The average Bonchev–Trinajstić information content (AvgIpc) is 2.85. The van der Waals surface area contributed by atoms with Crippen molar-refractivity contribution in [2.45, 2.75) is 13.8 Å². The first-order valence-electron chi connectivity index (χ1n) is 10.8. The van der Waals surface area contributed by atoms with Gasteiger partial charge in [0.1, 0.15) is 17.2 Å². The first-order valence-corrected chi connectivity index (χ1v) is 12.7. The van der Waals surface area contributed by atoms with E-state index in [9.17, 15) is 14.6 Å². The minimum absolute atomic E-state index is 0.00209. The van der Waals surface area contributed by atoms with Gasteiger partial charge in [-0.2, -0.15) is 0 Å². The zero-order valence-corrected chi connectivity index (χ0v) is 20.9. The lowest BCUT2D eigenvalue weighted by molar-refractivity contribution is 0.0919. The number of oxime groups is 1. The first-order chi connectivity index (χ1) is 16.9. The highest BCUT2D eigenvalue weighted by molar-refractivity contribution is 7.73. The smallest absolute Gasteiger partial charge is 0.383 e. The van der Waals surface area contributed by atoms with Crippen LogP contribution in [0.5, 0.6) is 17.2 Å². The molecule has 0 amide bonds. The highest BCUT2D eigenvalue weighted by Gasteiger charge is 2.37. The summed E-state index contributed by atoms with van der Waals surface area (Å²) in [6.45, 7) is 2.93. The highest BCUT2D eigenvalue weighted by Crippen LogP contribution is 2.52. The van der Waals surface area contributed by atoms with E-state index in [0.717, 1.165) is 0 Å². The highest BCUT2D eigenvalue weighted by atomic mass is 35.5. The van der Waals surface area contributed by atoms with Gasteiger partial charge in [0.25, 0.3) is 0 Å². The lowest BCUT2D eigenvalue weighted by Gasteiger charge is -2.21. The van der Waals surface area contributed by atoms with E-state index in [-0.39, 0.29) is 36.7 Å². The van der Waals surface area contributed by atoms with Crippen LogP contribution in [0.1, 0.15) is 29.8 Å². The van der Waals surface area contributed by atoms with Gasteiger partial charge in [-0.15, -0.1) is 0 Å². The molecule has 0 aromatic heterocycles. The van der Waals surface area contributed by atoms with E-state index in [2.05, 4.69) is 5.16 Å². The van der Waals surface area contributed by atoms with Crippen LogP contribution in [0.4, 0.5) is 0 Å². The van der Waals surface area contributed by atoms with E-state index >= 15 is 0 Å². The molecular formula is C25H25ClNO7P. The Bertz CT molecular complexity index is 1210. The van der Waals surface area contributed by atoms with Crippen LogP contribution in [0.25, 0.3) is 0 Å². The number of rotatable bonds is 12. The second-order valence-corrected chi connectivity index (χ2v) is 9.39. The topological polar surface area (TPSA) is 104 Å². The molecule has 0 spiro atoms. The third kappa shape index (κ3) is 6.71. The Hall–Kier alpha value is -3.16. The summed E-state index contributed by atoms with van der Waals surface area (Å²) < 4.78 is 35.8. The van der Waals surface area contributed by atoms with Gasteiger partial charge < -0.3 is 23.7 Å². The lowest BCUT2D eigenvalue weighted by atomic mass is 10.0. The Morgan fingerprint density at radius 1 is 0.914 bits per heavy atom. The van der Waals surface area contributed by atoms with E-state index in [1.165, 1.54) is 6.07 Å². The van der Waals surface area contributed by atoms with Gasteiger partial charge in [-0.1, -0.05) is 47.1 Å². The van der Waals surface area contributed by atoms with Gasteiger partial charge in [-0.3, -0.25) is 9.36 Å². The molecule has 0 aliphatic rings. The molecule has 0 unspecified atom stereocenters. The Kier molecular flexibility index (Phi) is 9.46. The summed E-state index contributed by atoms with van der Waals surface area (Å²) in [6, 6.07) is 20.0. The van der Waals surface area contributed by atoms with Crippen molar-refractivity contribution in [2.24, 2.45) is 5.16 Å². The van der Waals surface area contributed by atoms with Gasteiger partial charge in [0, 0.05) is 10.6 Å². The maximum atomic E-state index is 13.5. The molecular weight excluding hydrogens is 493 g/mol. The molecule has 1 N–H and O–H groups in total. The van der Waals surface area contributed by atoms with Gasteiger partial charge in [0.2, 0.25) is 5.78 Å². The van der Waals surface area contributed by atoms with Crippen molar-refractivity contribution in [1.82, 2.24) is 0 Å². The Morgan fingerprint density at radius 3 is 2.17 bits per heavy atom. The molecule has 0 bridgehead atoms. The molecule has 3 aromatic carbocycles. The second kappa shape index (κ2) is 12.5. The average molecular weight is 518 g/mol. The summed E-state index contributed by atoms with van der Waals surface area (Å²) in [7, 11) is -4.07. The van der Waals surface area contributed by atoms with Gasteiger partial charge >= 0.3 is 7.60 Å². The fourth-order valence-electron chi connectivity index (χ4n) is 3.21. The quantitative estimate of drug-likeness (QED) is 0.0926. The van der Waals surface area contributed by atoms with Gasteiger partial charge in [0.05, 0.1) is 18.8 Å². The molecule has 0 saturated heterocycles. The van der Waals surface area contributed by atoms with Crippen LogP contribution in [0.3, 0.4) is 0 Å². The Labute approximate surface area is 208 Å². The van der Waals surface area contributed by atoms with Gasteiger partial charge in [-0.05, 0) is 56.3 Å². The van der Waals surface area contributed by atoms with E-state index in [0.29, 0.717) is 16.5 Å². The standard InChI is InChI=1S/C25H25ClNO7P/c1-3-32-35(30,33-4-2)25(27-29)21-11-8-12-23(34-20-9-6-5-7-10-20)24(21)22(28)17-31-19-15-13-18(26)14-16-19/h5-16,29H,3-4,17H2,1-2H3. The number of nitrogens with zero attached hydrogens (tertiary/aromatic N) is 1. The number of carbonyl (C=O) groups excluding carboxylic acids is 1. The predicted octanol–water partition coefficient (Wildman–Crippen LogP) is 6.80. The number of benzene rings is 3. The van der Waals surface area contributed by atoms with Crippen LogP contribution in [0.2, 0.25) is 5.02 Å². The summed E-state index contributed by atoms with van der Waals surface area (Å²) in [5, 5.41) is 13.6. The lowest BCUT2D eigenvalue weighted by Crippen LogP contribution is -2.19. The Balaban J connectivity index is 2.07. The largest absolute Gasteiger partial charge is 0.485 e. The van der Waals surface area contributed by atoms with E-state index < -0.39 is 18.8 Å². The van der Waals surface area contributed by atoms with Crippen molar-refractivity contribution in [2.75, 3.05) is 19.8 Å². The molecule has 0 atom stereocenters. The SMILES string of the molecule is CCOP(=O)(OCC)C(=NO)c1cccc(Oc2ccccc2)c1C(=O)COc1ccc(Cl)cc1. The fourth-order valence-corrected chi connectivity index (χ4v) is 4.93. The molecule has 8 nitrogen and oxygen atoms in total. The zero-order chi connectivity index (χ0) is 25.3. The molecule has 0 aliphatic heterocycles. The number of carbonyl (C=O) groups is 1. The van der Waals surface area contributed by atoms with Crippen LogP contribution in [-0.2, 0) is 13.6 Å². The number of para-hydroxylation sites is 1. The molecule has 0 aliphatic carbocycles. The third-order valence-electron chi connectivity index (χ3n) is 4.65. The summed E-state index contributed by atoms with van der Waals surface area (Å²) >= 11 is 5.91. The summed E-state index contributed by atoms with van der Waals surface area (Å²) in [5.41, 5.74) is -0.372. The molecule has 3 rings (SSSR count). The predicted molar refractivity (Wildman–Crippen MR) is 133 cm³/mol. The minimum atomic E-state index is -4.07. The fraction of sp³-hybridized carbons (Fsp3) is 0.200. The first kappa shape index (κ1) is 26.4. The van der Waals surface area contributed by atoms with E-state index in [1.807, 2.05) is 6.07 Å². The number of hydrogen-bond donors (Lipinski definition) is 1. The molecule has 0 saturated carbocycles. The van der Waals surface area contributed by atoms with Crippen LogP contribution >= 0.6 is 19.2 Å². The zero-order valence-electron chi connectivity index (χ0n) is 19.2. The Morgan fingerprint density at radius 2 is 1.57 bits per heavy atom. The molecule has 0 heterocycles. The summed E-state index contributed by atoms with van der Waals surface area (Å²) in [4.78, 5) is 13.4. The minimum Gasteiger partial charge on any atom is -0.485 e. The van der Waals surface area contributed by atoms with Gasteiger partial charge in [0.15, 0.2) is 12.1 Å². The van der Waals surface area contributed by atoms with Crippen LogP contribution < -0.4 is 9.47 Å². The van der Waals surface area contributed by atoms with Crippen molar-refractivity contribution in [3.8, 4) is 17.2 Å². The molecule has 10 heteroatoms. The van der Waals surface area contributed by atoms with Crippen molar-refractivity contribution in [3.63, 3.8) is 0 Å². The second-order valence-electron chi connectivity index (χ2n) is 7.02. The number of hydrogen-bond acceptors (Lipinski definition) is 8. The van der Waals surface area contributed by atoms with E-state index in [4.69, 9.17) is 30.1 Å². The summed E-state index contributed by atoms with van der Waals surface area (Å²) in [6.07, 6.45) is 0. The normalized spacial score (nSPS) is 11.8.